The summed E-state index contributed by atoms with van der Waals surface area (Å²) in [7, 11) is 2.20. The van der Waals surface area contributed by atoms with Crippen LogP contribution in [0, 0.1) is 5.92 Å². The van der Waals surface area contributed by atoms with Gasteiger partial charge in [0.15, 0.2) is 0 Å². The Morgan fingerprint density at radius 2 is 2.08 bits per heavy atom. The molecule has 2 aromatic rings. The molecule has 2 aromatic heterocycles. The van der Waals surface area contributed by atoms with Gasteiger partial charge in [-0.3, -0.25) is 9.69 Å². The highest BCUT2D eigenvalue weighted by atomic mass is 16.1. The number of piperidine rings is 2. The molecule has 2 aliphatic heterocycles. The quantitative estimate of drug-likeness (QED) is 0.908. The van der Waals surface area contributed by atoms with Crippen LogP contribution in [-0.2, 0) is 11.3 Å². The Morgan fingerprint density at radius 3 is 2.92 bits per heavy atom. The molecule has 1 atom stereocenters. The second kappa shape index (κ2) is 7.76. The van der Waals surface area contributed by atoms with E-state index in [0.29, 0.717) is 12.6 Å². The lowest BCUT2D eigenvalue weighted by molar-refractivity contribution is -0.127. The smallest absolute Gasteiger partial charge is 0.224 e. The molecule has 2 fully saturated rings. The monoisotopic (exact) mass is 355 g/mol. The topological polar surface area (TPSA) is 52.9 Å². The van der Waals surface area contributed by atoms with Gasteiger partial charge in [-0.2, -0.15) is 0 Å². The minimum Gasteiger partial charge on any atom is -0.350 e. The number of likely N-dealkylation sites (tertiary alicyclic amines) is 2. The highest BCUT2D eigenvalue weighted by Gasteiger charge is 2.31. The summed E-state index contributed by atoms with van der Waals surface area (Å²) < 4.78 is 2.03. The molecule has 140 valence electrons. The van der Waals surface area contributed by atoms with Crippen molar-refractivity contribution in [2.75, 3.05) is 33.2 Å². The van der Waals surface area contributed by atoms with E-state index in [-0.39, 0.29) is 11.8 Å². The van der Waals surface area contributed by atoms with Crippen molar-refractivity contribution in [2.45, 2.75) is 38.3 Å². The van der Waals surface area contributed by atoms with Gasteiger partial charge in [0, 0.05) is 18.8 Å². The number of carbonyl (C=O) groups excluding carboxylic acids is 1. The molecule has 4 heterocycles. The molecule has 6 heteroatoms. The molecule has 6 nitrogen and oxygen atoms in total. The first-order valence-corrected chi connectivity index (χ1v) is 9.82. The summed E-state index contributed by atoms with van der Waals surface area (Å²) in [5, 5.41) is 3.14. The molecule has 0 saturated carbocycles. The van der Waals surface area contributed by atoms with Crippen LogP contribution in [0.4, 0.5) is 0 Å². The fourth-order valence-electron chi connectivity index (χ4n) is 4.35. The average molecular weight is 355 g/mol. The van der Waals surface area contributed by atoms with E-state index in [1.54, 1.807) is 0 Å². The van der Waals surface area contributed by atoms with Gasteiger partial charge in [0.2, 0.25) is 5.91 Å². The van der Waals surface area contributed by atoms with Crippen LogP contribution in [0.1, 0.15) is 31.4 Å². The van der Waals surface area contributed by atoms with Gasteiger partial charge in [0.05, 0.1) is 24.4 Å². The zero-order valence-electron chi connectivity index (χ0n) is 15.6. The van der Waals surface area contributed by atoms with Crippen LogP contribution in [0.5, 0.6) is 0 Å². The number of amides is 1. The van der Waals surface area contributed by atoms with Crippen LogP contribution in [0.25, 0.3) is 5.65 Å². The summed E-state index contributed by atoms with van der Waals surface area (Å²) >= 11 is 0. The molecular formula is C20H29N5O. The molecule has 0 spiro atoms. The standard InChI is InChI=1S/C20H29N5O/c1-23-11-7-17(8-12-23)24-9-4-5-16(15-24)20(26)22-14-18-13-21-19-6-2-3-10-25(18)19/h2-3,6,10,13,16-17H,4-5,7-9,11-12,14-15H2,1H3,(H,22,26)/t16-/m0/s1. The molecule has 0 unspecified atom stereocenters. The number of aromatic nitrogens is 2. The maximum atomic E-state index is 12.7. The van der Waals surface area contributed by atoms with Crippen molar-refractivity contribution in [3.8, 4) is 0 Å². The third-order valence-electron chi connectivity index (χ3n) is 5.97. The lowest BCUT2D eigenvalue weighted by atomic mass is 9.93. The summed E-state index contributed by atoms with van der Waals surface area (Å²) in [5.41, 5.74) is 1.94. The summed E-state index contributed by atoms with van der Waals surface area (Å²) in [6.07, 6.45) is 8.43. The van der Waals surface area contributed by atoms with Crippen LogP contribution in [-0.4, -0.2) is 64.4 Å². The fourth-order valence-corrected chi connectivity index (χ4v) is 4.35. The Hall–Kier alpha value is -1.92. The Bertz CT molecular complexity index is 749. The van der Waals surface area contributed by atoms with E-state index in [2.05, 4.69) is 27.1 Å². The van der Waals surface area contributed by atoms with Crippen molar-refractivity contribution in [1.82, 2.24) is 24.5 Å². The maximum Gasteiger partial charge on any atom is 0.224 e. The third-order valence-corrected chi connectivity index (χ3v) is 5.97. The van der Waals surface area contributed by atoms with Gasteiger partial charge in [-0.15, -0.1) is 0 Å². The molecule has 2 saturated heterocycles. The van der Waals surface area contributed by atoms with E-state index in [1.807, 2.05) is 35.0 Å². The Balaban J connectivity index is 1.32. The van der Waals surface area contributed by atoms with Crippen molar-refractivity contribution in [3.63, 3.8) is 0 Å². The lowest BCUT2D eigenvalue weighted by Gasteiger charge is -2.41. The minimum atomic E-state index is 0.114. The first kappa shape index (κ1) is 17.5. The zero-order valence-corrected chi connectivity index (χ0v) is 15.6. The predicted molar refractivity (Wildman–Crippen MR) is 102 cm³/mol. The first-order valence-electron chi connectivity index (χ1n) is 9.82. The molecule has 0 aromatic carbocycles. The lowest BCUT2D eigenvalue weighted by Crippen LogP contribution is -2.50. The van der Waals surface area contributed by atoms with E-state index in [4.69, 9.17) is 0 Å². The SMILES string of the molecule is CN1CCC(N2CCC[C@H](C(=O)NCc3cnc4ccccn34)C2)CC1. The van der Waals surface area contributed by atoms with Gasteiger partial charge in [0.1, 0.15) is 5.65 Å². The Morgan fingerprint density at radius 1 is 1.23 bits per heavy atom. The van der Waals surface area contributed by atoms with E-state index >= 15 is 0 Å². The van der Waals surface area contributed by atoms with Gasteiger partial charge in [-0.25, -0.2) is 4.98 Å². The number of hydrogen-bond acceptors (Lipinski definition) is 4. The van der Waals surface area contributed by atoms with Crippen molar-refractivity contribution in [3.05, 3.63) is 36.3 Å². The molecule has 0 bridgehead atoms. The van der Waals surface area contributed by atoms with E-state index in [9.17, 15) is 4.79 Å². The number of rotatable bonds is 4. The molecule has 1 N–H and O–H groups in total. The second-order valence-corrected chi connectivity index (χ2v) is 7.76. The average Bonchev–Trinajstić information content (AvgIpc) is 3.10. The van der Waals surface area contributed by atoms with E-state index in [0.717, 1.165) is 37.3 Å². The summed E-state index contributed by atoms with van der Waals surface area (Å²) in [6.45, 7) is 4.94. The summed E-state index contributed by atoms with van der Waals surface area (Å²) in [5.74, 6) is 0.302. The van der Waals surface area contributed by atoms with Crippen LogP contribution >= 0.6 is 0 Å². The largest absolute Gasteiger partial charge is 0.350 e. The predicted octanol–water partition coefficient (Wildman–Crippen LogP) is 1.76. The minimum absolute atomic E-state index is 0.114. The van der Waals surface area contributed by atoms with Crippen molar-refractivity contribution in [2.24, 2.45) is 5.92 Å². The van der Waals surface area contributed by atoms with Crippen molar-refractivity contribution < 1.29 is 4.79 Å². The number of carbonyl (C=O) groups is 1. The maximum absolute atomic E-state index is 12.7. The number of hydrogen-bond donors (Lipinski definition) is 1. The summed E-state index contributed by atoms with van der Waals surface area (Å²) in [4.78, 5) is 22.1. The van der Waals surface area contributed by atoms with Crippen LogP contribution in [0.2, 0.25) is 0 Å². The van der Waals surface area contributed by atoms with E-state index in [1.165, 1.54) is 25.9 Å². The Kier molecular flexibility index (Phi) is 5.22. The number of nitrogens with one attached hydrogen (secondary N) is 1. The van der Waals surface area contributed by atoms with Crippen LogP contribution < -0.4 is 5.32 Å². The van der Waals surface area contributed by atoms with Crippen LogP contribution in [0.3, 0.4) is 0 Å². The highest BCUT2D eigenvalue weighted by molar-refractivity contribution is 5.79. The molecule has 26 heavy (non-hydrogen) atoms. The normalized spacial score (nSPS) is 23.3. The van der Waals surface area contributed by atoms with Gasteiger partial charge < -0.3 is 14.6 Å². The fraction of sp³-hybridized carbons (Fsp3) is 0.600. The number of nitrogens with zero attached hydrogens (tertiary/aromatic N) is 4. The zero-order chi connectivity index (χ0) is 17.9. The highest BCUT2D eigenvalue weighted by Crippen LogP contribution is 2.23. The summed E-state index contributed by atoms with van der Waals surface area (Å²) in [6, 6.07) is 6.59. The molecule has 0 aliphatic carbocycles. The molecule has 0 radical (unpaired) electrons. The van der Waals surface area contributed by atoms with Crippen molar-refractivity contribution >= 4 is 11.6 Å². The van der Waals surface area contributed by atoms with Gasteiger partial charge in [-0.05, 0) is 64.5 Å². The second-order valence-electron chi connectivity index (χ2n) is 7.76. The van der Waals surface area contributed by atoms with Gasteiger partial charge in [-0.1, -0.05) is 6.07 Å². The molecule has 4 rings (SSSR count). The molecule has 1 amide bonds. The number of fused-ring (bicyclic) bond motifs is 1. The van der Waals surface area contributed by atoms with Crippen molar-refractivity contribution in [1.29, 1.82) is 0 Å². The van der Waals surface area contributed by atoms with Gasteiger partial charge >= 0.3 is 0 Å². The Labute approximate surface area is 155 Å². The first-order chi connectivity index (χ1) is 12.7. The number of pyridine rings is 1. The molecular weight excluding hydrogens is 326 g/mol. The molecule has 2 aliphatic rings. The number of imidazole rings is 1. The third kappa shape index (κ3) is 3.76. The van der Waals surface area contributed by atoms with Crippen LogP contribution in [0.15, 0.2) is 30.6 Å². The van der Waals surface area contributed by atoms with E-state index < -0.39 is 0 Å². The van der Waals surface area contributed by atoms with Gasteiger partial charge in [0.25, 0.3) is 0 Å².